The molecular formula is C58H76O3S2Si. The Morgan fingerprint density at radius 2 is 0.766 bits per heavy atom. The number of unbranched alkanes of at least 4 members (excludes halogenated alkanes) is 10. The second kappa shape index (κ2) is 28.9. The van der Waals surface area contributed by atoms with Crippen molar-refractivity contribution in [3.8, 4) is 0 Å². The Labute approximate surface area is 397 Å². The van der Waals surface area contributed by atoms with Crippen molar-refractivity contribution in [1.82, 2.24) is 0 Å². The summed E-state index contributed by atoms with van der Waals surface area (Å²) in [6.45, 7) is 15.2. The summed E-state index contributed by atoms with van der Waals surface area (Å²) in [5.74, 6) is 0. The number of thiophene rings is 2. The van der Waals surface area contributed by atoms with Crippen LogP contribution in [0.15, 0.2) is 84.9 Å². The Hall–Kier alpha value is -3.88. The van der Waals surface area contributed by atoms with Gasteiger partial charge in [0.25, 0.3) is 0 Å². The van der Waals surface area contributed by atoms with Gasteiger partial charge in [-0.15, -0.1) is 22.7 Å². The lowest BCUT2D eigenvalue weighted by molar-refractivity contribution is 0.0700. The van der Waals surface area contributed by atoms with Crippen molar-refractivity contribution in [2.75, 3.05) is 19.8 Å². The van der Waals surface area contributed by atoms with Crippen LogP contribution < -0.4 is 5.19 Å². The molecule has 3 aromatic carbocycles. The molecule has 0 aliphatic rings. The van der Waals surface area contributed by atoms with Crippen molar-refractivity contribution in [2.24, 2.45) is 0 Å². The summed E-state index contributed by atoms with van der Waals surface area (Å²) in [4.78, 5) is 5.09. The third-order valence-electron chi connectivity index (χ3n) is 11.6. The molecule has 0 aliphatic carbocycles. The Kier molecular flexibility index (Phi) is 23.1. The molecule has 0 unspecified atom stereocenters. The van der Waals surface area contributed by atoms with E-state index in [0.29, 0.717) is 19.8 Å². The number of aryl methyl sites for hydroxylation is 3. The SMILES string of the molecule is CCCCCCCCCCc1ccc(/C=C/c2cc(C)c(/C=C/c3ccc(/C=C/c4sc(/C=C/c5ccc([Si](OCCCC)(OCCCC)OCCCC)cc5)cc4C)cc3)s2)cc1. The van der Waals surface area contributed by atoms with E-state index in [1.165, 1.54) is 111 Å². The summed E-state index contributed by atoms with van der Waals surface area (Å²) in [5, 5.41) is 1.05. The minimum Gasteiger partial charge on any atom is -0.370 e. The highest BCUT2D eigenvalue weighted by molar-refractivity contribution is 7.14. The molecule has 0 radical (unpaired) electrons. The largest absolute Gasteiger partial charge is 0.537 e. The van der Waals surface area contributed by atoms with Crippen LogP contribution in [0.1, 0.15) is 176 Å². The fourth-order valence-electron chi connectivity index (χ4n) is 7.44. The lowest BCUT2D eigenvalue weighted by atomic mass is 10.0. The molecule has 5 aromatic rings. The summed E-state index contributed by atoms with van der Waals surface area (Å²) in [6.07, 6.45) is 36.2. The highest BCUT2D eigenvalue weighted by Gasteiger charge is 2.43. The zero-order valence-electron chi connectivity index (χ0n) is 40.0. The van der Waals surface area contributed by atoms with Gasteiger partial charge in [0.1, 0.15) is 0 Å². The number of rotatable bonds is 30. The van der Waals surface area contributed by atoms with Gasteiger partial charge in [-0.2, -0.15) is 0 Å². The maximum atomic E-state index is 6.53. The van der Waals surface area contributed by atoms with Crippen LogP contribution in [0.3, 0.4) is 0 Å². The fraction of sp³-hybridized carbons (Fsp3) is 0.414. The van der Waals surface area contributed by atoms with Gasteiger partial charge in [0, 0.05) is 44.5 Å². The van der Waals surface area contributed by atoms with Crippen LogP contribution in [-0.4, -0.2) is 28.6 Å². The zero-order chi connectivity index (χ0) is 45.2. The van der Waals surface area contributed by atoms with E-state index in [2.05, 4.69) is 175 Å². The highest BCUT2D eigenvalue weighted by Crippen LogP contribution is 2.28. The third kappa shape index (κ3) is 17.5. The minimum absolute atomic E-state index is 0.658. The van der Waals surface area contributed by atoms with Crippen molar-refractivity contribution in [3.05, 3.63) is 143 Å². The van der Waals surface area contributed by atoms with Gasteiger partial charge >= 0.3 is 8.80 Å². The molecule has 0 bridgehead atoms. The van der Waals surface area contributed by atoms with Gasteiger partial charge in [0.15, 0.2) is 0 Å². The second-order valence-corrected chi connectivity index (χ2v) is 21.9. The molecule has 2 heterocycles. The second-order valence-electron chi connectivity index (χ2n) is 17.1. The first-order chi connectivity index (χ1) is 31.3. The normalized spacial score (nSPS) is 12.3. The third-order valence-corrected chi connectivity index (χ3v) is 16.7. The number of benzene rings is 3. The minimum atomic E-state index is -3.01. The van der Waals surface area contributed by atoms with Crippen LogP contribution in [0.2, 0.25) is 0 Å². The Bertz CT molecular complexity index is 2140. The zero-order valence-corrected chi connectivity index (χ0v) is 42.6. The molecule has 0 atom stereocenters. The highest BCUT2D eigenvalue weighted by atomic mass is 32.1. The van der Waals surface area contributed by atoms with Gasteiger partial charge in [-0.1, -0.05) is 189 Å². The van der Waals surface area contributed by atoms with Crippen molar-refractivity contribution < 1.29 is 13.3 Å². The van der Waals surface area contributed by atoms with Crippen molar-refractivity contribution in [1.29, 1.82) is 0 Å². The molecular weight excluding hydrogens is 837 g/mol. The Morgan fingerprint density at radius 1 is 0.406 bits per heavy atom. The molecule has 0 spiro atoms. The summed E-state index contributed by atoms with van der Waals surface area (Å²) in [7, 11) is -3.01. The molecule has 0 saturated heterocycles. The molecule has 6 heteroatoms. The van der Waals surface area contributed by atoms with E-state index >= 15 is 0 Å². The molecule has 342 valence electrons. The van der Waals surface area contributed by atoms with E-state index in [4.69, 9.17) is 13.3 Å². The first kappa shape index (κ1) is 51.1. The van der Waals surface area contributed by atoms with Crippen molar-refractivity contribution in [3.63, 3.8) is 0 Å². The van der Waals surface area contributed by atoms with Gasteiger partial charge in [-0.25, -0.2) is 0 Å². The first-order valence-electron chi connectivity index (χ1n) is 24.5. The van der Waals surface area contributed by atoms with E-state index < -0.39 is 8.80 Å². The fourth-order valence-corrected chi connectivity index (χ4v) is 12.0. The van der Waals surface area contributed by atoms with E-state index in [1.54, 1.807) is 0 Å². The van der Waals surface area contributed by atoms with Crippen LogP contribution in [0.4, 0.5) is 0 Å². The van der Waals surface area contributed by atoms with Gasteiger partial charge in [-0.05, 0) is 121 Å². The van der Waals surface area contributed by atoms with E-state index in [0.717, 1.165) is 49.3 Å². The topological polar surface area (TPSA) is 27.7 Å². The maximum absolute atomic E-state index is 6.53. The Morgan fingerprint density at radius 3 is 1.19 bits per heavy atom. The smallest absolute Gasteiger partial charge is 0.370 e. The maximum Gasteiger partial charge on any atom is 0.537 e. The lowest BCUT2D eigenvalue weighted by Gasteiger charge is -2.30. The quantitative estimate of drug-likeness (QED) is 0.0339. The summed E-state index contributed by atoms with van der Waals surface area (Å²) in [5.41, 5.74) is 8.85. The molecule has 2 aromatic heterocycles. The molecule has 0 fully saturated rings. The van der Waals surface area contributed by atoms with Crippen molar-refractivity contribution in [2.45, 2.75) is 138 Å². The van der Waals surface area contributed by atoms with Crippen LogP contribution in [0.5, 0.6) is 0 Å². The van der Waals surface area contributed by atoms with Crippen LogP contribution in [0.25, 0.3) is 48.6 Å². The summed E-state index contributed by atoms with van der Waals surface area (Å²) >= 11 is 3.66. The van der Waals surface area contributed by atoms with E-state index in [1.807, 2.05) is 22.7 Å². The molecule has 0 saturated carbocycles. The Balaban J connectivity index is 1.12. The number of hydrogen-bond acceptors (Lipinski definition) is 5. The molecule has 0 N–H and O–H groups in total. The predicted octanol–water partition coefficient (Wildman–Crippen LogP) is 17.4. The lowest BCUT2D eigenvalue weighted by Crippen LogP contribution is -2.57. The van der Waals surface area contributed by atoms with Gasteiger partial charge in [0.2, 0.25) is 0 Å². The average Bonchev–Trinajstić information content (AvgIpc) is 3.87. The van der Waals surface area contributed by atoms with Crippen LogP contribution >= 0.6 is 22.7 Å². The van der Waals surface area contributed by atoms with E-state index in [9.17, 15) is 0 Å². The first-order valence-corrected chi connectivity index (χ1v) is 27.8. The molecule has 0 aliphatic heterocycles. The average molecular weight is 913 g/mol. The van der Waals surface area contributed by atoms with Gasteiger partial charge < -0.3 is 13.3 Å². The van der Waals surface area contributed by atoms with Crippen molar-refractivity contribution >= 4 is 85.3 Å². The molecule has 5 rings (SSSR count). The molecule has 3 nitrogen and oxygen atoms in total. The van der Waals surface area contributed by atoms with Gasteiger partial charge in [-0.3, -0.25) is 0 Å². The monoisotopic (exact) mass is 913 g/mol. The van der Waals surface area contributed by atoms with Crippen LogP contribution in [0, 0.1) is 13.8 Å². The molecule has 64 heavy (non-hydrogen) atoms. The van der Waals surface area contributed by atoms with Crippen LogP contribution in [-0.2, 0) is 19.7 Å². The predicted molar refractivity (Wildman–Crippen MR) is 287 cm³/mol. The van der Waals surface area contributed by atoms with E-state index in [-0.39, 0.29) is 0 Å². The van der Waals surface area contributed by atoms with Gasteiger partial charge in [0.05, 0.1) is 0 Å². The summed E-state index contributed by atoms with van der Waals surface area (Å²) < 4.78 is 19.6. The summed E-state index contributed by atoms with van der Waals surface area (Å²) in [6, 6.07) is 31.2. The number of hydrogen-bond donors (Lipinski definition) is 0. The standard InChI is InChI=1S/C58H76O3S2Si/c1-7-11-15-16-17-18-19-20-21-49-22-24-50(25-23-49)30-36-54-45-47(5)57(62-54)40-34-51-26-28-52(29-27-51)35-41-58-48(6)46-55(63-58)37-31-53-32-38-56(39-33-53)64(59-42-12-8-2,60-43-13-9-3)61-44-14-10-4/h22-41,45-46H,7-21,42-44H2,1-6H3/b36-30+,37-31+,40-34+,41-35+. The molecule has 0 amide bonds.